The molecule has 0 radical (unpaired) electrons. The minimum atomic E-state index is 0.141. The standard InChI is InChI=1S/C9H12N8/c10-9-14-7(4-8(15-9)16-11)12-5-6-2-1-3-13-17-6/h1-4H,5,11H2,(H4,10,12,14,15,16). The molecular weight excluding hydrogens is 220 g/mol. The molecule has 0 aromatic carbocycles. The molecule has 0 fully saturated rings. The van der Waals surface area contributed by atoms with Crippen molar-refractivity contribution < 1.29 is 0 Å². The third kappa shape index (κ3) is 2.98. The lowest BCUT2D eigenvalue weighted by atomic mass is 10.4. The second-order valence-electron chi connectivity index (χ2n) is 3.21. The van der Waals surface area contributed by atoms with E-state index in [0.717, 1.165) is 5.69 Å². The second-order valence-corrected chi connectivity index (χ2v) is 3.21. The van der Waals surface area contributed by atoms with Gasteiger partial charge in [-0.2, -0.15) is 20.2 Å². The van der Waals surface area contributed by atoms with Gasteiger partial charge in [0, 0.05) is 12.3 Å². The van der Waals surface area contributed by atoms with Crippen LogP contribution in [0, 0.1) is 0 Å². The molecular formula is C9H12N8. The number of aromatic nitrogens is 4. The lowest BCUT2D eigenvalue weighted by Gasteiger charge is -2.07. The molecule has 88 valence electrons. The van der Waals surface area contributed by atoms with Gasteiger partial charge in [-0.15, -0.1) is 0 Å². The third-order valence-corrected chi connectivity index (χ3v) is 1.97. The van der Waals surface area contributed by atoms with Crippen LogP contribution in [0.1, 0.15) is 5.69 Å². The van der Waals surface area contributed by atoms with E-state index >= 15 is 0 Å². The molecule has 0 spiro atoms. The van der Waals surface area contributed by atoms with Crippen molar-refractivity contribution in [3.63, 3.8) is 0 Å². The third-order valence-electron chi connectivity index (χ3n) is 1.97. The number of rotatable bonds is 4. The first-order valence-electron chi connectivity index (χ1n) is 4.89. The Morgan fingerprint density at radius 3 is 2.76 bits per heavy atom. The number of nitrogens with zero attached hydrogens (tertiary/aromatic N) is 4. The van der Waals surface area contributed by atoms with Crippen LogP contribution in [0.5, 0.6) is 0 Å². The zero-order valence-corrected chi connectivity index (χ0v) is 8.96. The van der Waals surface area contributed by atoms with E-state index in [-0.39, 0.29) is 5.95 Å². The fourth-order valence-electron chi connectivity index (χ4n) is 1.24. The summed E-state index contributed by atoms with van der Waals surface area (Å²) in [6.45, 7) is 0.494. The van der Waals surface area contributed by atoms with Crippen molar-refractivity contribution in [1.82, 2.24) is 20.2 Å². The van der Waals surface area contributed by atoms with Crippen LogP contribution in [0.2, 0.25) is 0 Å². The molecule has 2 aromatic heterocycles. The molecule has 0 saturated carbocycles. The van der Waals surface area contributed by atoms with Crippen LogP contribution in [-0.2, 0) is 6.54 Å². The minimum absolute atomic E-state index is 0.141. The summed E-state index contributed by atoms with van der Waals surface area (Å²) in [5.74, 6) is 6.40. The van der Waals surface area contributed by atoms with Crippen LogP contribution >= 0.6 is 0 Å². The Hall–Kier alpha value is -2.48. The van der Waals surface area contributed by atoms with Gasteiger partial charge >= 0.3 is 0 Å². The Bertz CT molecular complexity index is 486. The number of hydrogen-bond acceptors (Lipinski definition) is 8. The first-order chi connectivity index (χ1) is 8.28. The zero-order valence-electron chi connectivity index (χ0n) is 8.96. The average Bonchev–Trinajstić information content (AvgIpc) is 2.37. The van der Waals surface area contributed by atoms with E-state index < -0.39 is 0 Å². The van der Waals surface area contributed by atoms with Gasteiger partial charge in [0.15, 0.2) is 0 Å². The molecule has 0 aliphatic rings. The van der Waals surface area contributed by atoms with Crippen molar-refractivity contribution in [1.29, 1.82) is 0 Å². The highest BCUT2D eigenvalue weighted by molar-refractivity contribution is 5.50. The van der Waals surface area contributed by atoms with Gasteiger partial charge in [-0.3, -0.25) is 0 Å². The van der Waals surface area contributed by atoms with E-state index in [1.165, 1.54) is 0 Å². The molecule has 0 saturated heterocycles. The highest BCUT2D eigenvalue weighted by Gasteiger charge is 2.01. The summed E-state index contributed by atoms with van der Waals surface area (Å²) in [6.07, 6.45) is 1.61. The molecule has 0 aliphatic carbocycles. The number of nitrogens with one attached hydrogen (secondary N) is 2. The van der Waals surface area contributed by atoms with Gasteiger partial charge in [0.1, 0.15) is 11.6 Å². The Kier molecular flexibility index (Phi) is 3.26. The number of nitrogen functional groups attached to an aromatic ring is 2. The molecule has 0 aliphatic heterocycles. The van der Waals surface area contributed by atoms with Crippen molar-refractivity contribution in [2.75, 3.05) is 16.5 Å². The Balaban J connectivity index is 2.06. The van der Waals surface area contributed by atoms with E-state index in [9.17, 15) is 0 Å². The average molecular weight is 232 g/mol. The summed E-state index contributed by atoms with van der Waals surface area (Å²) >= 11 is 0. The summed E-state index contributed by atoms with van der Waals surface area (Å²) in [6, 6.07) is 5.31. The van der Waals surface area contributed by atoms with Crippen LogP contribution in [0.15, 0.2) is 24.4 Å². The molecule has 8 nitrogen and oxygen atoms in total. The molecule has 2 rings (SSSR count). The summed E-state index contributed by atoms with van der Waals surface area (Å²) in [7, 11) is 0. The van der Waals surface area contributed by atoms with Crippen LogP contribution < -0.4 is 22.3 Å². The van der Waals surface area contributed by atoms with E-state index in [1.807, 2.05) is 12.1 Å². The number of anilines is 3. The van der Waals surface area contributed by atoms with Crippen LogP contribution in [0.25, 0.3) is 0 Å². The van der Waals surface area contributed by atoms with E-state index in [4.69, 9.17) is 11.6 Å². The molecule has 0 atom stereocenters. The fraction of sp³-hybridized carbons (Fsp3) is 0.111. The topological polar surface area (TPSA) is 128 Å². The number of hydrazine groups is 1. The lowest BCUT2D eigenvalue weighted by molar-refractivity contribution is 0.919. The highest BCUT2D eigenvalue weighted by atomic mass is 15.3. The van der Waals surface area contributed by atoms with Crippen LogP contribution in [0.4, 0.5) is 17.6 Å². The quantitative estimate of drug-likeness (QED) is 0.419. The smallest absolute Gasteiger partial charge is 0.223 e. The zero-order chi connectivity index (χ0) is 12.1. The monoisotopic (exact) mass is 232 g/mol. The molecule has 0 amide bonds. The second kappa shape index (κ2) is 5.03. The van der Waals surface area contributed by atoms with Crippen molar-refractivity contribution in [3.8, 4) is 0 Å². The Morgan fingerprint density at radius 2 is 2.06 bits per heavy atom. The van der Waals surface area contributed by atoms with Gasteiger partial charge in [-0.25, -0.2) is 5.84 Å². The van der Waals surface area contributed by atoms with Gasteiger partial charge in [0.2, 0.25) is 5.95 Å². The largest absolute Gasteiger partial charge is 0.368 e. The summed E-state index contributed by atoms with van der Waals surface area (Å²) in [5.41, 5.74) is 8.72. The van der Waals surface area contributed by atoms with Crippen LogP contribution in [0.3, 0.4) is 0 Å². The molecule has 17 heavy (non-hydrogen) atoms. The maximum absolute atomic E-state index is 5.52. The summed E-state index contributed by atoms with van der Waals surface area (Å²) in [4.78, 5) is 7.88. The maximum atomic E-state index is 5.52. The molecule has 2 heterocycles. The number of nitrogens with two attached hydrogens (primary N) is 2. The predicted octanol–water partition coefficient (Wildman–Crippen LogP) is -0.254. The lowest BCUT2D eigenvalue weighted by Crippen LogP contribution is -2.12. The first kappa shape index (κ1) is 11.0. The summed E-state index contributed by atoms with van der Waals surface area (Å²) < 4.78 is 0. The first-order valence-corrected chi connectivity index (χ1v) is 4.89. The van der Waals surface area contributed by atoms with Crippen molar-refractivity contribution >= 4 is 17.6 Å². The van der Waals surface area contributed by atoms with Crippen molar-refractivity contribution in [2.24, 2.45) is 5.84 Å². The molecule has 8 heteroatoms. The van der Waals surface area contributed by atoms with Gasteiger partial charge in [0.25, 0.3) is 0 Å². The normalized spacial score (nSPS) is 9.94. The van der Waals surface area contributed by atoms with Crippen molar-refractivity contribution in [3.05, 3.63) is 30.1 Å². The summed E-state index contributed by atoms with van der Waals surface area (Å²) in [5, 5.41) is 10.7. The van der Waals surface area contributed by atoms with Crippen LogP contribution in [-0.4, -0.2) is 20.2 Å². The van der Waals surface area contributed by atoms with E-state index in [2.05, 4.69) is 30.9 Å². The fourth-order valence-corrected chi connectivity index (χ4v) is 1.24. The van der Waals surface area contributed by atoms with Gasteiger partial charge < -0.3 is 16.5 Å². The van der Waals surface area contributed by atoms with E-state index in [0.29, 0.717) is 18.2 Å². The molecule has 2 aromatic rings. The van der Waals surface area contributed by atoms with E-state index in [1.54, 1.807) is 12.3 Å². The highest BCUT2D eigenvalue weighted by Crippen LogP contribution is 2.11. The predicted molar refractivity (Wildman–Crippen MR) is 63.6 cm³/mol. The molecule has 0 unspecified atom stereocenters. The van der Waals surface area contributed by atoms with Gasteiger partial charge in [0.05, 0.1) is 12.2 Å². The molecule has 6 N–H and O–H groups in total. The SMILES string of the molecule is NNc1cc(NCc2cccnn2)nc(N)n1. The number of hydrogen-bond donors (Lipinski definition) is 4. The van der Waals surface area contributed by atoms with Gasteiger partial charge in [-0.1, -0.05) is 0 Å². The van der Waals surface area contributed by atoms with Crippen molar-refractivity contribution in [2.45, 2.75) is 6.54 Å². The Morgan fingerprint density at radius 1 is 1.24 bits per heavy atom. The Labute approximate surface area is 97.5 Å². The minimum Gasteiger partial charge on any atom is -0.368 e. The molecule has 0 bridgehead atoms. The van der Waals surface area contributed by atoms with Gasteiger partial charge in [-0.05, 0) is 12.1 Å². The maximum Gasteiger partial charge on any atom is 0.223 e.